The molecule has 0 unspecified atom stereocenters. The predicted octanol–water partition coefficient (Wildman–Crippen LogP) is 3.26. The van der Waals surface area contributed by atoms with Gasteiger partial charge in [-0.25, -0.2) is 14.6 Å². The van der Waals surface area contributed by atoms with Crippen molar-refractivity contribution in [3.63, 3.8) is 0 Å². The van der Waals surface area contributed by atoms with Crippen molar-refractivity contribution >= 4 is 11.7 Å². The molecule has 0 radical (unpaired) electrons. The Bertz CT molecular complexity index is 1060. The third-order valence-corrected chi connectivity index (χ3v) is 5.10. The number of carbonyl (C=O) groups is 1. The lowest BCUT2D eigenvalue weighted by Crippen LogP contribution is -2.49. The van der Waals surface area contributed by atoms with Crippen LogP contribution in [0.3, 0.4) is 0 Å². The van der Waals surface area contributed by atoms with Crippen molar-refractivity contribution in [3.05, 3.63) is 65.4 Å². The maximum Gasteiger partial charge on any atom is 0.435 e. The molecule has 1 aliphatic rings. The van der Waals surface area contributed by atoms with Gasteiger partial charge in [0.25, 0.3) is 5.91 Å². The van der Waals surface area contributed by atoms with Crippen LogP contribution >= 0.6 is 0 Å². The number of benzene rings is 1. The minimum absolute atomic E-state index is 0.113. The Morgan fingerprint density at radius 1 is 0.968 bits per heavy atom. The van der Waals surface area contributed by atoms with Gasteiger partial charge in [-0.3, -0.25) is 4.79 Å². The molecule has 3 aromatic rings. The molecule has 0 saturated carbocycles. The van der Waals surface area contributed by atoms with Crippen LogP contribution in [0.2, 0.25) is 0 Å². The van der Waals surface area contributed by atoms with E-state index in [0.717, 1.165) is 22.3 Å². The molecule has 162 valence electrons. The normalized spacial score (nSPS) is 14.7. The Morgan fingerprint density at radius 2 is 1.65 bits per heavy atom. The first-order chi connectivity index (χ1) is 14.7. The number of amides is 1. The molecular formula is C21H21F3N6O. The van der Waals surface area contributed by atoms with E-state index in [0.29, 0.717) is 43.3 Å². The van der Waals surface area contributed by atoms with Crippen molar-refractivity contribution in [1.82, 2.24) is 24.6 Å². The Labute approximate surface area is 177 Å². The topological polar surface area (TPSA) is 67.2 Å². The van der Waals surface area contributed by atoms with E-state index < -0.39 is 11.9 Å². The number of piperazine rings is 1. The average Bonchev–Trinajstić information content (AvgIpc) is 3.24. The van der Waals surface area contributed by atoms with Gasteiger partial charge in [0.05, 0.1) is 5.69 Å². The molecule has 1 aliphatic heterocycles. The van der Waals surface area contributed by atoms with E-state index in [-0.39, 0.29) is 5.91 Å². The second-order valence-electron chi connectivity index (χ2n) is 7.38. The van der Waals surface area contributed by atoms with E-state index in [1.54, 1.807) is 29.2 Å². The molecule has 1 amide bonds. The third-order valence-electron chi connectivity index (χ3n) is 5.10. The molecule has 1 fully saturated rings. The molecule has 0 aliphatic carbocycles. The number of rotatable bonds is 3. The fourth-order valence-corrected chi connectivity index (χ4v) is 3.56. The van der Waals surface area contributed by atoms with Crippen LogP contribution < -0.4 is 4.90 Å². The fraction of sp³-hybridized carbons (Fsp3) is 0.333. The zero-order valence-electron chi connectivity index (χ0n) is 17.1. The van der Waals surface area contributed by atoms with Crippen molar-refractivity contribution in [2.24, 2.45) is 0 Å². The van der Waals surface area contributed by atoms with Crippen LogP contribution in [0.1, 0.15) is 27.6 Å². The number of hydrogen-bond donors (Lipinski definition) is 0. The molecule has 4 rings (SSSR count). The van der Waals surface area contributed by atoms with Crippen LogP contribution in [0.5, 0.6) is 0 Å². The number of aryl methyl sites for hydroxylation is 2. The summed E-state index contributed by atoms with van der Waals surface area (Å²) in [7, 11) is 0. The summed E-state index contributed by atoms with van der Waals surface area (Å²) < 4.78 is 39.3. The summed E-state index contributed by atoms with van der Waals surface area (Å²) in [6.07, 6.45) is -3.25. The van der Waals surface area contributed by atoms with E-state index in [1.165, 1.54) is 6.20 Å². The van der Waals surface area contributed by atoms with Crippen molar-refractivity contribution < 1.29 is 18.0 Å². The summed E-state index contributed by atoms with van der Waals surface area (Å²) in [4.78, 5) is 25.5. The quantitative estimate of drug-likeness (QED) is 0.638. The van der Waals surface area contributed by atoms with Gasteiger partial charge in [-0.15, -0.1) is 0 Å². The van der Waals surface area contributed by atoms with Crippen molar-refractivity contribution in [2.45, 2.75) is 20.0 Å². The van der Waals surface area contributed by atoms with Gasteiger partial charge in [-0.1, -0.05) is 0 Å². The van der Waals surface area contributed by atoms with Gasteiger partial charge in [0.15, 0.2) is 5.69 Å². The SMILES string of the molecule is Cc1cc(N2CCN(C(=O)c3ccc(-n4ccc(C(F)(F)F)n4)cc3)CC2)nc(C)n1. The molecular weight excluding hydrogens is 409 g/mol. The van der Waals surface area contributed by atoms with E-state index in [2.05, 4.69) is 20.0 Å². The van der Waals surface area contributed by atoms with Gasteiger partial charge in [-0.05, 0) is 44.2 Å². The molecule has 2 aromatic heterocycles. The van der Waals surface area contributed by atoms with Gasteiger partial charge >= 0.3 is 6.18 Å². The number of anilines is 1. The molecule has 0 N–H and O–H groups in total. The monoisotopic (exact) mass is 430 g/mol. The van der Waals surface area contributed by atoms with Crippen LogP contribution in [-0.4, -0.2) is 56.7 Å². The minimum atomic E-state index is -4.49. The number of hydrogen-bond acceptors (Lipinski definition) is 5. The van der Waals surface area contributed by atoms with Crippen LogP contribution in [-0.2, 0) is 6.18 Å². The van der Waals surface area contributed by atoms with Crippen LogP contribution in [0, 0.1) is 13.8 Å². The largest absolute Gasteiger partial charge is 0.435 e. The molecule has 1 saturated heterocycles. The highest BCUT2D eigenvalue weighted by Crippen LogP contribution is 2.28. The molecule has 3 heterocycles. The molecule has 1 aromatic carbocycles. The highest BCUT2D eigenvalue weighted by atomic mass is 19.4. The second-order valence-corrected chi connectivity index (χ2v) is 7.38. The fourth-order valence-electron chi connectivity index (χ4n) is 3.56. The van der Waals surface area contributed by atoms with Gasteiger partial charge in [0.2, 0.25) is 0 Å². The van der Waals surface area contributed by atoms with Gasteiger partial charge < -0.3 is 9.80 Å². The first-order valence-electron chi connectivity index (χ1n) is 9.80. The molecule has 10 heteroatoms. The smallest absolute Gasteiger partial charge is 0.353 e. The zero-order valence-corrected chi connectivity index (χ0v) is 17.1. The number of alkyl halides is 3. The van der Waals surface area contributed by atoms with Crippen molar-refractivity contribution in [1.29, 1.82) is 0 Å². The standard InChI is InChI=1S/C21H21F3N6O/c1-14-13-19(26-15(2)25-14)28-9-11-29(12-10-28)20(31)16-3-5-17(6-4-16)30-8-7-18(27-30)21(22,23)24/h3-8,13H,9-12H2,1-2H3. The van der Waals surface area contributed by atoms with Crippen molar-refractivity contribution in [3.8, 4) is 5.69 Å². The average molecular weight is 430 g/mol. The summed E-state index contributed by atoms with van der Waals surface area (Å²) in [6.45, 7) is 6.20. The van der Waals surface area contributed by atoms with Crippen LogP contribution in [0.4, 0.5) is 19.0 Å². The molecule has 31 heavy (non-hydrogen) atoms. The second kappa shape index (κ2) is 8.01. The van der Waals surface area contributed by atoms with Gasteiger partial charge in [0, 0.05) is 49.7 Å². The van der Waals surface area contributed by atoms with E-state index >= 15 is 0 Å². The van der Waals surface area contributed by atoms with Crippen LogP contribution in [0.15, 0.2) is 42.6 Å². The van der Waals surface area contributed by atoms with E-state index in [9.17, 15) is 18.0 Å². The number of carbonyl (C=O) groups excluding carboxylic acids is 1. The Hall–Kier alpha value is -3.43. The van der Waals surface area contributed by atoms with Gasteiger partial charge in [0.1, 0.15) is 11.6 Å². The third kappa shape index (κ3) is 4.52. The van der Waals surface area contributed by atoms with E-state index in [4.69, 9.17) is 0 Å². The van der Waals surface area contributed by atoms with Gasteiger partial charge in [-0.2, -0.15) is 18.3 Å². The number of aromatic nitrogens is 4. The Kier molecular flexibility index (Phi) is 5.38. The summed E-state index contributed by atoms with van der Waals surface area (Å²) in [5, 5.41) is 3.55. The molecule has 0 bridgehead atoms. The lowest BCUT2D eigenvalue weighted by Gasteiger charge is -2.35. The first kappa shape index (κ1) is 20.8. The Morgan fingerprint density at radius 3 is 2.23 bits per heavy atom. The van der Waals surface area contributed by atoms with Crippen molar-refractivity contribution in [2.75, 3.05) is 31.1 Å². The predicted molar refractivity (Wildman–Crippen MR) is 108 cm³/mol. The summed E-state index contributed by atoms with van der Waals surface area (Å²) in [6, 6.07) is 9.24. The molecule has 0 atom stereocenters. The summed E-state index contributed by atoms with van der Waals surface area (Å²) in [5.74, 6) is 1.46. The van der Waals surface area contributed by atoms with E-state index in [1.807, 2.05) is 19.9 Å². The first-order valence-corrected chi connectivity index (χ1v) is 9.80. The molecule has 0 spiro atoms. The Balaban J connectivity index is 1.40. The highest BCUT2D eigenvalue weighted by Gasteiger charge is 2.33. The summed E-state index contributed by atoms with van der Waals surface area (Å²) >= 11 is 0. The van der Waals surface area contributed by atoms with Crippen LogP contribution in [0.25, 0.3) is 5.69 Å². The lowest BCUT2D eigenvalue weighted by molar-refractivity contribution is -0.141. The lowest BCUT2D eigenvalue weighted by atomic mass is 10.1. The maximum absolute atomic E-state index is 12.8. The molecule has 7 nitrogen and oxygen atoms in total. The highest BCUT2D eigenvalue weighted by molar-refractivity contribution is 5.94. The zero-order chi connectivity index (χ0) is 22.2. The number of halogens is 3. The maximum atomic E-state index is 12.8. The number of nitrogens with zero attached hydrogens (tertiary/aromatic N) is 6. The minimum Gasteiger partial charge on any atom is -0.353 e. The summed E-state index contributed by atoms with van der Waals surface area (Å²) in [5.41, 5.74) is 0.876.